The minimum atomic E-state index is 0.304. The van der Waals surface area contributed by atoms with Gasteiger partial charge in [-0.1, -0.05) is 0 Å². The minimum absolute atomic E-state index is 0.304. The largest absolute Gasteiger partial charge is 0.309 e. The van der Waals surface area contributed by atoms with E-state index in [1.165, 1.54) is 38.5 Å². The first kappa shape index (κ1) is 9.51. The van der Waals surface area contributed by atoms with Crippen molar-refractivity contribution in [3.63, 3.8) is 0 Å². The molecule has 0 bridgehead atoms. The van der Waals surface area contributed by atoms with E-state index >= 15 is 0 Å². The molecule has 1 N–H and O–H groups in total. The molecule has 13 heavy (non-hydrogen) atoms. The Hall–Kier alpha value is -0.0400. The van der Waals surface area contributed by atoms with Crippen LogP contribution in [0.4, 0.5) is 0 Å². The van der Waals surface area contributed by atoms with E-state index in [4.69, 9.17) is 0 Å². The summed E-state index contributed by atoms with van der Waals surface area (Å²) in [6, 6.07) is 0.797. The summed E-state index contributed by atoms with van der Waals surface area (Å²) in [4.78, 5) is 0. The van der Waals surface area contributed by atoms with Gasteiger partial charge in [-0.25, -0.2) is 0 Å². The van der Waals surface area contributed by atoms with Gasteiger partial charge in [0.1, 0.15) is 0 Å². The fourth-order valence-corrected chi connectivity index (χ4v) is 2.66. The molecule has 2 aliphatic carbocycles. The van der Waals surface area contributed by atoms with Crippen molar-refractivity contribution in [3.8, 4) is 0 Å². The normalized spacial score (nSPS) is 27.9. The minimum Gasteiger partial charge on any atom is -0.309 e. The van der Waals surface area contributed by atoms with Gasteiger partial charge in [0, 0.05) is 11.6 Å². The maximum absolute atomic E-state index is 3.72. The lowest BCUT2D eigenvalue weighted by Crippen LogP contribution is -2.45. The second-order valence-corrected chi connectivity index (χ2v) is 6.17. The average Bonchev–Trinajstić information content (AvgIpc) is 2.73. The van der Waals surface area contributed by atoms with Crippen LogP contribution in [0.25, 0.3) is 0 Å². The molecule has 0 radical (unpaired) electrons. The highest BCUT2D eigenvalue weighted by Gasteiger charge is 2.44. The van der Waals surface area contributed by atoms with E-state index in [9.17, 15) is 0 Å². The number of rotatable bonds is 1. The molecule has 2 aliphatic rings. The first-order valence-corrected chi connectivity index (χ1v) is 5.77. The molecule has 0 unspecified atom stereocenters. The van der Waals surface area contributed by atoms with Crippen molar-refractivity contribution in [3.05, 3.63) is 0 Å². The molecular weight excluding hydrogens is 158 g/mol. The molecule has 76 valence electrons. The van der Waals surface area contributed by atoms with Crippen molar-refractivity contribution in [1.29, 1.82) is 0 Å². The molecule has 0 aromatic carbocycles. The Labute approximate surface area is 82.3 Å². The van der Waals surface area contributed by atoms with Crippen LogP contribution in [0.2, 0.25) is 0 Å². The van der Waals surface area contributed by atoms with Gasteiger partial charge in [0.15, 0.2) is 0 Å². The summed E-state index contributed by atoms with van der Waals surface area (Å²) in [5, 5.41) is 3.72. The fourth-order valence-electron chi connectivity index (χ4n) is 2.66. The topological polar surface area (TPSA) is 12.0 Å². The highest BCUT2D eigenvalue weighted by atomic mass is 15.0. The fraction of sp³-hybridized carbons (Fsp3) is 1.00. The van der Waals surface area contributed by atoms with Gasteiger partial charge in [-0.3, -0.25) is 0 Å². The van der Waals surface area contributed by atoms with Crippen molar-refractivity contribution in [2.45, 2.75) is 70.9 Å². The van der Waals surface area contributed by atoms with Gasteiger partial charge in [0.25, 0.3) is 0 Å². The Morgan fingerprint density at radius 3 is 1.92 bits per heavy atom. The summed E-state index contributed by atoms with van der Waals surface area (Å²) in [5.41, 5.74) is 1.15. The van der Waals surface area contributed by atoms with Gasteiger partial charge < -0.3 is 5.32 Å². The van der Waals surface area contributed by atoms with Gasteiger partial charge >= 0.3 is 0 Å². The number of nitrogens with one attached hydrogen (secondary N) is 1. The van der Waals surface area contributed by atoms with E-state index in [0.717, 1.165) is 11.5 Å². The third-order valence-electron chi connectivity index (χ3n) is 3.64. The summed E-state index contributed by atoms with van der Waals surface area (Å²) >= 11 is 0. The number of hydrogen-bond donors (Lipinski definition) is 1. The van der Waals surface area contributed by atoms with Crippen LogP contribution in [0.15, 0.2) is 0 Å². The maximum Gasteiger partial charge on any atom is 0.00990 e. The van der Waals surface area contributed by atoms with E-state index in [1.54, 1.807) is 0 Å². The molecule has 0 heterocycles. The smallest absolute Gasteiger partial charge is 0.00990 e. The molecule has 0 amide bonds. The molecule has 0 aromatic heterocycles. The predicted molar refractivity (Wildman–Crippen MR) is 56.8 cm³/mol. The summed E-state index contributed by atoms with van der Waals surface area (Å²) in [7, 11) is 0. The van der Waals surface area contributed by atoms with Crippen LogP contribution >= 0.6 is 0 Å². The Kier molecular flexibility index (Phi) is 2.18. The standard InChI is InChI=1S/C12H23N/c1-11(2,3)13-10-4-6-12(7-5-10)8-9-12/h10,13H,4-9H2,1-3H3. The van der Waals surface area contributed by atoms with Gasteiger partial charge in [0.05, 0.1) is 0 Å². The molecule has 1 nitrogen and oxygen atoms in total. The van der Waals surface area contributed by atoms with E-state index in [0.29, 0.717) is 5.54 Å². The Morgan fingerprint density at radius 1 is 1.00 bits per heavy atom. The van der Waals surface area contributed by atoms with Gasteiger partial charge in [-0.15, -0.1) is 0 Å². The van der Waals surface area contributed by atoms with Crippen LogP contribution in [0.1, 0.15) is 59.3 Å². The molecule has 0 aromatic rings. The van der Waals surface area contributed by atoms with Crippen LogP contribution in [0.3, 0.4) is 0 Å². The van der Waals surface area contributed by atoms with Gasteiger partial charge in [-0.2, -0.15) is 0 Å². The summed E-state index contributed by atoms with van der Waals surface area (Å²) in [6.07, 6.45) is 8.85. The zero-order chi connectivity index (χ0) is 9.53. The zero-order valence-corrected chi connectivity index (χ0v) is 9.32. The SMILES string of the molecule is CC(C)(C)NC1CCC2(CC1)CC2. The summed E-state index contributed by atoms with van der Waals surface area (Å²) in [5.74, 6) is 0. The van der Waals surface area contributed by atoms with Crippen molar-refractivity contribution < 1.29 is 0 Å². The first-order valence-electron chi connectivity index (χ1n) is 5.77. The lowest BCUT2D eigenvalue weighted by molar-refractivity contribution is 0.237. The van der Waals surface area contributed by atoms with E-state index in [1.807, 2.05) is 0 Å². The average molecular weight is 181 g/mol. The third kappa shape index (κ3) is 2.46. The van der Waals surface area contributed by atoms with Crippen molar-refractivity contribution in [2.24, 2.45) is 5.41 Å². The molecule has 2 rings (SSSR count). The Morgan fingerprint density at radius 2 is 1.54 bits per heavy atom. The summed E-state index contributed by atoms with van der Waals surface area (Å²) < 4.78 is 0. The van der Waals surface area contributed by atoms with Crippen molar-refractivity contribution >= 4 is 0 Å². The van der Waals surface area contributed by atoms with Crippen LogP contribution in [0, 0.1) is 5.41 Å². The van der Waals surface area contributed by atoms with Crippen LogP contribution in [0.5, 0.6) is 0 Å². The Balaban J connectivity index is 1.78. The van der Waals surface area contributed by atoms with E-state index in [2.05, 4.69) is 26.1 Å². The van der Waals surface area contributed by atoms with Crippen molar-refractivity contribution in [1.82, 2.24) is 5.32 Å². The predicted octanol–water partition coefficient (Wildman–Crippen LogP) is 3.10. The molecule has 0 atom stereocenters. The van der Waals surface area contributed by atoms with Crippen molar-refractivity contribution in [2.75, 3.05) is 0 Å². The lowest BCUT2D eigenvalue weighted by Gasteiger charge is -2.34. The molecule has 0 aliphatic heterocycles. The lowest BCUT2D eigenvalue weighted by atomic mass is 9.83. The maximum atomic E-state index is 3.72. The quantitative estimate of drug-likeness (QED) is 0.655. The molecular formula is C12H23N. The molecule has 0 saturated heterocycles. The van der Waals surface area contributed by atoms with E-state index < -0.39 is 0 Å². The van der Waals surface area contributed by atoms with Crippen LogP contribution in [-0.4, -0.2) is 11.6 Å². The third-order valence-corrected chi connectivity index (χ3v) is 3.64. The molecule has 1 heteroatoms. The zero-order valence-electron chi connectivity index (χ0n) is 9.32. The van der Waals surface area contributed by atoms with Crippen LogP contribution in [-0.2, 0) is 0 Å². The highest BCUT2D eigenvalue weighted by Crippen LogP contribution is 2.56. The van der Waals surface area contributed by atoms with Gasteiger partial charge in [-0.05, 0) is 64.7 Å². The molecule has 2 saturated carbocycles. The van der Waals surface area contributed by atoms with Gasteiger partial charge in [0.2, 0.25) is 0 Å². The summed E-state index contributed by atoms with van der Waals surface area (Å²) in [6.45, 7) is 6.82. The molecule has 1 spiro atoms. The second kappa shape index (κ2) is 2.98. The van der Waals surface area contributed by atoms with Crippen LogP contribution < -0.4 is 5.32 Å². The highest BCUT2D eigenvalue weighted by molar-refractivity contribution is 4.98. The Bertz CT molecular complexity index is 176. The molecule has 2 fully saturated rings. The second-order valence-electron chi connectivity index (χ2n) is 6.17. The van der Waals surface area contributed by atoms with E-state index in [-0.39, 0.29) is 0 Å². The first-order chi connectivity index (χ1) is 5.99. The monoisotopic (exact) mass is 181 g/mol. The number of hydrogen-bond acceptors (Lipinski definition) is 1.